The fourth-order valence-corrected chi connectivity index (χ4v) is 7.57. The summed E-state index contributed by atoms with van der Waals surface area (Å²) >= 11 is 3.79. The Labute approximate surface area is 269 Å². The quantitative estimate of drug-likeness (QED) is 0.136. The highest BCUT2D eigenvalue weighted by Crippen LogP contribution is 2.39. The van der Waals surface area contributed by atoms with Crippen LogP contribution in [-0.2, 0) is 6.42 Å². The first-order valence-electron chi connectivity index (χ1n) is 15.4. The SMILES string of the molecule is BrC1=C/CCc2c(ccc3ccc(-c4c5ccccc5cc5ccccc45)nc23)/C(c2c3ccccc3cc3ccccc23)=N\1. The molecule has 0 saturated heterocycles. The number of pyridine rings is 1. The highest BCUT2D eigenvalue weighted by Gasteiger charge is 2.22. The lowest BCUT2D eigenvalue weighted by atomic mass is 9.87. The monoisotopic (exact) mass is 638 g/mol. The van der Waals surface area contributed by atoms with Crippen LogP contribution in [0.25, 0.3) is 65.3 Å². The van der Waals surface area contributed by atoms with Crippen molar-refractivity contribution >= 4 is 75.6 Å². The van der Waals surface area contributed by atoms with Crippen LogP contribution in [0.5, 0.6) is 0 Å². The molecule has 0 aliphatic carbocycles. The molecular formula is C42H27BrN2. The Morgan fingerprint density at radius 2 is 1.02 bits per heavy atom. The first-order chi connectivity index (χ1) is 22.2. The van der Waals surface area contributed by atoms with Crippen molar-refractivity contribution in [2.75, 3.05) is 0 Å². The molecule has 0 radical (unpaired) electrons. The molecule has 212 valence electrons. The molecule has 0 atom stereocenters. The molecule has 0 fully saturated rings. The summed E-state index contributed by atoms with van der Waals surface area (Å²) in [7, 11) is 0. The molecule has 0 unspecified atom stereocenters. The van der Waals surface area contributed by atoms with Crippen LogP contribution in [0.1, 0.15) is 23.1 Å². The van der Waals surface area contributed by atoms with Crippen molar-refractivity contribution < 1.29 is 0 Å². The van der Waals surface area contributed by atoms with Gasteiger partial charge in [-0.2, -0.15) is 0 Å². The van der Waals surface area contributed by atoms with Gasteiger partial charge in [0.05, 0.1) is 16.9 Å². The van der Waals surface area contributed by atoms with Crippen molar-refractivity contribution in [2.24, 2.45) is 4.99 Å². The van der Waals surface area contributed by atoms with Crippen LogP contribution in [0.15, 0.2) is 149 Å². The molecule has 7 aromatic carbocycles. The van der Waals surface area contributed by atoms with Crippen LogP contribution in [0.3, 0.4) is 0 Å². The Kier molecular flexibility index (Phi) is 6.14. The molecule has 8 aromatic rings. The number of benzene rings is 7. The maximum atomic E-state index is 5.52. The highest BCUT2D eigenvalue weighted by atomic mass is 79.9. The van der Waals surface area contributed by atoms with Gasteiger partial charge in [-0.1, -0.05) is 121 Å². The molecule has 0 spiro atoms. The van der Waals surface area contributed by atoms with Gasteiger partial charge in [0.1, 0.15) is 4.61 Å². The molecule has 1 aliphatic heterocycles. The van der Waals surface area contributed by atoms with Gasteiger partial charge in [-0.3, -0.25) is 0 Å². The topological polar surface area (TPSA) is 25.2 Å². The van der Waals surface area contributed by atoms with E-state index in [1.54, 1.807) is 0 Å². The molecule has 1 aliphatic rings. The summed E-state index contributed by atoms with van der Waals surface area (Å²) in [5, 5.41) is 10.9. The fourth-order valence-electron chi connectivity index (χ4n) is 7.16. The van der Waals surface area contributed by atoms with Gasteiger partial charge >= 0.3 is 0 Å². The largest absolute Gasteiger partial charge is 0.247 e. The van der Waals surface area contributed by atoms with E-state index in [1.807, 2.05) is 0 Å². The number of hydrogen-bond acceptors (Lipinski definition) is 2. The number of aliphatic imine (C=N–C) groups is 1. The van der Waals surface area contributed by atoms with Crippen molar-refractivity contribution in [3.63, 3.8) is 0 Å². The van der Waals surface area contributed by atoms with Crippen LogP contribution >= 0.6 is 15.9 Å². The molecule has 45 heavy (non-hydrogen) atoms. The van der Waals surface area contributed by atoms with E-state index >= 15 is 0 Å². The lowest BCUT2D eigenvalue weighted by Gasteiger charge is -2.20. The van der Waals surface area contributed by atoms with Gasteiger partial charge in [0.15, 0.2) is 0 Å². The van der Waals surface area contributed by atoms with Crippen LogP contribution in [0.4, 0.5) is 0 Å². The molecule has 0 saturated carbocycles. The number of allylic oxidation sites excluding steroid dienone is 1. The van der Waals surface area contributed by atoms with Gasteiger partial charge in [0.25, 0.3) is 0 Å². The second kappa shape index (κ2) is 10.5. The van der Waals surface area contributed by atoms with Crippen LogP contribution in [0.2, 0.25) is 0 Å². The number of halogens is 1. The molecular weight excluding hydrogens is 612 g/mol. The van der Waals surface area contributed by atoms with Crippen molar-refractivity contribution in [2.45, 2.75) is 12.8 Å². The standard InChI is InChI=1S/C42H27BrN2/c43-38-19-9-18-35-36(42(45-38)40-33-16-7-3-12-29(33)25-30-13-4-8-17-34(30)40)22-20-26-21-23-37(44-41(26)35)39-31-14-5-1-10-27(31)24-28-11-2-6-15-32(28)39/h1-8,10-17,19-25H,9,18H2/b38-19-,45-42+. The third kappa shape index (κ3) is 4.30. The predicted octanol–water partition coefficient (Wildman–Crippen LogP) is 11.5. The number of aryl methyl sites for hydroxylation is 1. The van der Waals surface area contributed by atoms with E-state index in [0.717, 1.165) is 50.9 Å². The smallest absolute Gasteiger partial charge is 0.102 e. The molecule has 1 aromatic heterocycles. The normalized spacial score (nSPS) is 15.8. The third-order valence-electron chi connectivity index (χ3n) is 9.18. The van der Waals surface area contributed by atoms with Crippen LogP contribution in [0, 0.1) is 0 Å². The van der Waals surface area contributed by atoms with Gasteiger partial charge in [-0.25, -0.2) is 9.98 Å². The number of hydrogen-bond donors (Lipinski definition) is 0. The molecule has 2 nitrogen and oxygen atoms in total. The average molecular weight is 640 g/mol. The van der Waals surface area contributed by atoms with E-state index in [2.05, 4.69) is 155 Å². The van der Waals surface area contributed by atoms with Crippen LogP contribution in [-0.4, -0.2) is 10.7 Å². The minimum Gasteiger partial charge on any atom is -0.247 e. The van der Waals surface area contributed by atoms with Crippen molar-refractivity contribution in [1.82, 2.24) is 4.98 Å². The minimum atomic E-state index is 0.865. The first kappa shape index (κ1) is 26.3. The van der Waals surface area contributed by atoms with Crippen molar-refractivity contribution in [1.29, 1.82) is 0 Å². The molecule has 0 amide bonds. The molecule has 9 rings (SSSR count). The van der Waals surface area contributed by atoms with Gasteiger partial charge in [-0.05, 0) is 95.6 Å². The van der Waals surface area contributed by atoms with Gasteiger partial charge < -0.3 is 0 Å². The Morgan fingerprint density at radius 3 is 1.60 bits per heavy atom. The number of nitrogens with zero attached hydrogens (tertiary/aromatic N) is 2. The summed E-state index contributed by atoms with van der Waals surface area (Å²) in [5.41, 5.74) is 7.75. The van der Waals surface area contributed by atoms with E-state index < -0.39 is 0 Å². The number of fused-ring (bicyclic) bond motifs is 7. The molecule has 3 heteroatoms. The summed E-state index contributed by atoms with van der Waals surface area (Å²) in [6, 6.07) is 48.1. The summed E-state index contributed by atoms with van der Waals surface area (Å²) in [6.07, 6.45) is 3.94. The Bertz CT molecular complexity index is 2450. The lowest BCUT2D eigenvalue weighted by molar-refractivity contribution is 0.993. The Balaban J connectivity index is 1.35. The first-order valence-corrected chi connectivity index (χ1v) is 16.2. The number of rotatable bonds is 2. The summed E-state index contributed by atoms with van der Waals surface area (Å²) in [4.78, 5) is 10.8. The van der Waals surface area contributed by atoms with E-state index in [9.17, 15) is 0 Å². The zero-order valence-electron chi connectivity index (χ0n) is 24.5. The molecule has 0 bridgehead atoms. The summed E-state index contributed by atoms with van der Waals surface area (Å²) in [5.74, 6) is 0. The maximum Gasteiger partial charge on any atom is 0.102 e. The lowest BCUT2D eigenvalue weighted by Crippen LogP contribution is -2.11. The van der Waals surface area contributed by atoms with E-state index in [0.29, 0.717) is 0 Å². The summed E-state index contributed by atoms with van der Waals surface area (Å²) in [6.45, 7) is 0. The van der Waals surface area contributed by atoms with Gasteiger partial charge in [0, 0.05) is 22.1 Å². The Hall–Kier alpha value is -5.12. The number of aromatic nitrogens is 1. The minimum absolute atomic E-state index is 0.865. The van der Waals surface area contributed by atoms with Crippen LogP contribution < -0.4 is 0 Å². The predicted molar refractivity (Wildman–Crippen MR) is 195 cm³/mol. The third-order valence-corrected chi connectivity index (χ3v) is 9.68. The average Bonchev–Trinajstić information content (AvgIpc) is 3.07. The fraction of sp³-hybridized carbons (Fsp3) is 0.0476. The molecule has 0 N–H and O–H groups in total. The maximum absolute atomic E-state index is 5.52. The zero-order valence-corrected chi connectivity index (χ0v) is 26.1. The summed E-state index contributed by atoms with van der Waals surface area (Å²) < 4.78 is 0.865. The van der Waals surface area contributed by atoms with E-state index in [1.165, 1.54) is 54.2 Å². The van der Waals surface area contributed by atoms with Gasteiger partial charge in [0.2, 0.25) is 0 Å². The molecule has 2 heterocycles. The van der Waals surface area contributed by atoms with Crippen molar-refractivity contribution in [3.8, 4) is 11.3 Å². The van der Waals surface area contributed by atoms with Crippen molar-refractivity contribution in [3.05, 3.63) is 161 Å². The second-order valence-corrected chi connectivity index (χ2v) is 12.6. The van der Waals surface area contributed by atoms with E-state index in [4.69, 9.17) is 9.98 Å². The van der Waals surface area contributed by atoms with E-state index in [-0.39, 0.29) is 0 Å². The zero-order chi connectivity index (χ0) is 29.9. The highest BCUT2D eigenvalue weighted by molar-refractivity contribution is 9.11. The van der Waals surface area contributed by atoms with Gasteiger partial charge in [-0.15, -0.1) is 0 Å². The Morgan fingerprint density at radius 1 is 0.511 bits per heavy atom. The second-order valence-electron chi connectivity index (χ2n) is 11.8.